The van der Waals surface area contributed by atoms with Gasteiger partial charge in [0.05, 0.1) is 12.5 Å². The number of hydrogen-bond donors (Lipinski definition) is 1. The maximum atomic E-state index is 11.3. The lowest BCUT2D eigenvalue weighted by Crippen LogP contribution is -2.15. The minimum atomic E-state index is -0.816. The predicted molar refractivity (Wildman–Crippen MR) is 78.1 cm³/mol. The molecule has 104 valence electrons. The molecule has 0 fully saturated rings. The van der Waals surface area contributed by atoms with E-state index in [-0.39, 0.29) is 0 Å². The van der Waals surface area contributed by atoms with E-state index < -0.39 is 11.9 Å². The first-order chi connectivity index (χ1) is 9.66. The number of carboxylic acids is 1. The van der Waals surface area contributed by atoms with Crippen molar-refractivity contribution in [3.05, 3.63) is 65.7 Å². The van der Waals surface area contributed by atoms with Crippen molar-refractivity contribution in [1.29, 1.82) is 0 Å². The van der Waals surface area contributed by atoms with Crippen LogP contribution in [0.15, 0.2) is 54.6 Å². The fraction of sp³-hybridized carbons (Fsp3) is 0.235. The highest BCUT2D eigenvalue weighted by Crippen LogP contribution is 2.21. The highest BCUT2D eigenvalue weighted by molar-refractivity contribution is 5.76. The number of carbonyl (C=O) groups is 1. The molecule has 0 saturated heterocycles. The van der Waals surface area contributed by atoms with Crippen molar-refractivity contribution in [3.63, 3.8) is 0 Å². The van der Waals surface area contributed by atoms with Gasteiger partial charge in [-0.05, 0) is 36.6 Å². The molecule has 0 aliphatic rings. The van der Waals surface area contributed by atoms with Crippen LogP contribution in [0.5, 0.6) is 5.75 Å². The summed E-state index contributed by atoms with van der Waals surface area (Å²) in [4.78, 5) is 11.3. The van der Waals surface area contributed by atoms with E-state index in [0.29, 0.717) is 13.0 Å². The summed E-state index contributed by atoms with van der Waals surface area (Å²) in [6, 6.07) is 17.0. The molecular weight excluding hydrogens is 252 g/mol. The van der Waals surface area contributed by atoms with Gasteiger partial charge in [0, 0.05) is 0 Å². The molecule has 0 aromatic heterocycles. The van der Waals surface area contributed by atoms with Crippen molar-refractivity contribution in [1.82, 2.24) is 0 Å². The van der Waals surface area contributed by atoms with Gasteiger partial charge in [-0.3, -0.25) is 4.79 Å². The van der Waals surface area contributed by atoms with Crippen LogP contribution >= 0.6 is 0 Å². The molecular formula is C17H18O3. The van der Waals surface area contributed by atoms with Crippen LogP contribution in [0.2, 0.25) is 0 Å². The third-order valence-corrected chi connectivity index (χ3v) is 3.16. The van der Waals surface area contributed by atoms with Gasteiger partial charge in [-0.15, -0.1) is 0 Å². The molecule has 2 aromatic carbocycles. The van der Waals surface area contributed by atoms with Crippen LogP contribution in [0.25, 0.3) is 0 Å². The number of carboxylic acid groups (broad SMARTS) is 1. The van der Waals surface area contributed by atoms with Gasteiger partial charge in [0.2, 0.25) is 0 Å². The summed E-state index contributed by atoms with van der Waals surface area (Å²) in [5.74, 6) is -0.563. The fourth-order valence-corrected chi connectivity index (χ4v) is 2.12. The predicted octanol–water partition coefficient (Wildman–Crippen LogP) is 3.63. The lowest BCUT2D eigenvalue weighted by molar-refractivity contribution is -0.139. The van der Waals surface area contributed by atoms with Crippen LogP contribution in [0.4, 0.5) is 0 Å². The normalized spacial score (nSPS) is 11.8. The molecule has 0 spiro atoms. The lowest BCUT2D eigenvalue weighted by atomic mass is 9.96. The Hall–Kier alpha value is -2.29. The average Bonchev–Trinajstić information content (AvgIpc) is 2.44. The molecule has 3 heteroatoms. The second-order valence-corrected chi connectivity index (χ2v) is 4.76. The second-order valence-electron chi connectivity index (χ2n) is 4.76. The van der Waals surface area contributed by atoms with Crippen LogP contribution < -0.4 is 4.74 Å². The van der Waals surface area contributed by atoms with E-state index in [1.54, 1.807) is 0 Å². The zero-order valence-corrected chi connectivity index (χ0v) is 11.5. The summed E-state index contributed by atoms with van der Waals surface area (Å²) < 4.78 is 5.63. The maximum absolute atomic E-state index is 11.3. The van der Waals surface area contributed by atoms with Crippen LogP contribution in [-0.2, 0) is 4.79 Å². The van der Waals surface area contributed by atoms with E-state index in [2.05, 4.69) is 0 Å². The van der Waals surface area contributed by atoms with E-state index >= 15 is 0 Å². The third-order valence-electron chi connectivity index (χ3n) is 3.16. The molecule has 0 aliphatic carbocycles. The number of benzene rings is 2. The van der Waals surface area contributed by atoms with Crippen molar-refractivity contribution < 1.29 is 14.6 Å². The number of aryl methyl sites for hydroxylation is 1. The van der Waals surface area contributed by atoms with Crippen molar-refractivity contribution in [3.8, 4) is 5.75 Å². The van der Waals surface area contributed by atoms with Gasteiger partial charge in [-0.25, -0.2) is 0 Å². The summed E-state index contributed by atoms with van der Waals surface area (Å²) in [5, 5.41) is 9.31. The number of rotatable bonds is 6. The van der Waals surface area contributed by atoms with E-state index in [0.717, 1.165) is 16.9 Å². The Bertz CT molecular complexity index is 563. The molecule has 0 saturated carbocycles. The summed E-state index contributed by atoms with van der Waals surface area (Å²) >= 11 is 0. The SMILES string of the molecule is Cc1cccc(OCCC(C(=O)O)c2ccccc2)c1. The third kappa shape index (κ3) is 3.85. The smallest absolute Gasteiger partial charge is 0.311 e. The van der Waals surface area contributed by atoms with Gasteiger partial charge in [0.15, 0.2) is 0 Å². The van der Waals surface area contributed by atoms with Gasteiger partial charge < -0.3 is 9.84 Å². The Morgan fingerprint density at radius 2 is 1.90 bits per heavy atom. The molecule has 1 unspecified atom stereocenters. The lowest BCUT2D eigenvalue weighted by Gasteiger charge is -2.13. The van der Waals surface area contributed by atoms with Gasteiger partial charge in [-0.1, -0.05) is 42.5 Å². The zero-order chi connectivity index (χ0) is 14.4. The van der Waals surface area contributed by atoms with Crippen LogP contribution in [-0.4, -0.2) is 17.7 Å². The molecule has 0 radical (unpaired) electrons. The van der Waals surface area contributed by atoms with Gasteiger partial charge in [0.1, 0.15) is 5.75 Å². The molecule has 0 heterocycles. The summed E-state index contributed by atoms with van der Waals surface area (Å²) in [5.41, 5.74) is 1.94. The zero-order valence-electron chi connectivity index (χ0n) is 11.5. The molecule has 20 heavy (non-hydrogen) atoms. The monoisotopic (exact) mass is 270 g/mol. The molecule has 2 rings (SSSR count). The minimum absolute atomic E-state index is 0.384. The quantitative estimate of drug-likeness (QED) is 0.871. The molecule has 0 bridgehead atoms. The Morgan fingerprint density at radius 3 is 2.55 bits per heavy atom. The van der Waals surface area contributed by atoms with Crippen LogP contribution in [0.1, 0.15) is 23.5 Å². The molecule has 0 aliphatic heterocycles. The molecule has 1 atom stereocenters. The topological polar surface area (TPSA) is 46.5 Å². The Labute approximate surface area is 118 Å². The van der Waals surface area contributed by atoms with Gasteiger partial charge >= 0.3 is 5.97 Å². The summed E-state index contributed by atoms with van der Waals surface area (Å²) in [6.45, 7) is 2.38. The molecule has 3 nitrogen and oxygen atoms in total. The first-order valence-electron chi connectivity index (χ1n) is 6.64. The number of aliphatic carboxylic acids is 1. The molecule has 0 amide bonds. The highest BCUT2D eigenvalue weighted by atomic mass is 16.5. The van der Waals surface area contributed by atoms with E-state index in [9.17, 15) is 9.90 Å². The van der Waals surface area contributed by atoms with E-state index in [1.807, 2.05) is 61.5 Å². The summed E-state index contributed by atoms with van der Waals surface area (Å²) in [6.07, 6.45) is 0.452. The van der Waals surface area contributed by atoms with Crippen molar-refractivity contribution in [2.45, 2.75) is 19.3 Å². The maximum Gasteiger partial charge on any atom is 0.311 e. The first kappa shape index (κ1) is 14.1. The van der Waals surface area contributed by atoms with Crippen molar-refractivity contribution in [2.75, 3.05) is 6.61 Å². The van der Waals surface area contributed by atoms with Crippen LogP contribution in [0, 0.1) is 6.92 Å². The van der Waals surface area contributed by atoms with Gasteiger partial charge in [-0.2, -0.15) is 0 Å². The minimum Gasteiger partial charge on any atom is -0.494 e. The highest BCUT2D eigenvalue weighted by Gasteiger charge is 2.19. The van der Waals surface area contributed by atoms with Crippen LogP contribution in [0.3, 0.4) is 0 Å². The molecule has 2 aromatic rings. The second kappa shape index (κ2) is 6.75. The fourth-order valence-electron chi connectivity index (χ4n) is 2.12. The Balaban J connectivity index is 1.95. The summed E-state index contributed by atoms with van der Waals surface area (Å²) in [7, 11) is 0. The molecule has 1 N–H and O–H groups in total. The van der Waals surface area contributed by atoms with Gasteiger partial charge in [0.25, 0.3) is 0 Å². The average molecular weight is 270 g/mol. The van der Waals surface area contributed by atoms with Crippen molar-refractivity contribution in [2.24, 2.45) is 0 Å². The Kier molecular flexibility index (Phi) is 4.77. The number of ether oxygens (including phenoxy) is 1. The van der Waals surface area contributed by atoms with E-state index in [4.69, 9.17) is 4.74 Å². The van der Waals surface area contributed by atoms with E-state index in [1.165, 1.54) is 0 Å². The van der Waals surface area contributed by atoms with Crippen molar-refractivity contribution >= 4 is 5.97 Å². The standard InChI is InChI=1S/C17H18O3/c1-13-6-5-9-15(12-13)20-11-10-16(17(18)19)14-7-3-2-4-8-14/h2-9,12,16H,10-11H2,1H3,(H,18,19). The Morgan fingerprint density at radius 1 is 1.15 bits per heavy atom. The largest absolute Gasteiger partial charge is 0.494 e. The number of hydrogen-bond acceptors (Lipinski definition) is 2. The first-order valence-corrected chi connectivity index (χ1v) is 6.64.